The molecule has 4 nitrogen and oxygen atoms in total. The molecular formula is C17H16FNO3. The van der Waals surface area contributed by atoms with Gasteiger partial charge < -0.3 is 14.7 Å². The van der Waals surface area contributed by atoms with E-state index in [0.717, 1.165) is 0 Å². The van der Waals surface area contributed by atoms with Crippen LogP contribution in [-0.4, -0.2) is 17.1 Å². The number of fused-ring (bicyclic) bond motifs is 1. The van der Waals surface area contributed by atoms with Crippen LogP contribution >= 0.6 is 0 Å². The molecule has 0 aromatic heterocycles. The predicted molar refractivity (Wildman–Crippen MR) is 80.4 cm³/mol. The lowest BCUT2D eigenvalue weighted by molar-refractivity contribution is -0.126. The maximum Gasteiger partial charge on any atom is 0.268 e. The van der Waals surface area contributed by atoms with Crippen molar-refractivity contribution >= 4 is 11.6 Å². The highest BCUT2D eigenvalue weighted by Crippen LogP contribution is 2.38. The molecule has 22 heavy (non-hydrogen) atoms. The van der Waals surface area contributed by atoms with Crippen molar-refractivity contribution in [2.45, 2.75) is 26.0 Å². The minimum atomic E-state index is -0.595. The summed E-state index contributed by atoms with van der Waals surface area (Å²) in [4.78, 5) is 14.1. The minimum Gasteiger partial charge on any atom is -0.508 e. The molecule has 1 N–H and O–H groups in total. The van der Waals surface area contributed by atoms with Crippen molar-refractivity contribution in [2.75, 3.05) is 4.90 Å². The fourth-order valence-corrected chi connectivity index (χ4v) is 2.56. The number of hydrogen-bond donors (Lipinski definition) is 1. The van der Waals surface area contributed by atoms with Crippen molar-refractivity contribution in [2.24, 2.45) is 0 Å². The van der Waals surface area contributed by atoms with Gasteiger partial charge in [0.05, 0.1) is 12.2 Å². The first-order chi connectivity index (χ1) is 10.6. The van der Waals surface area contributed by atoms with E-state index in [0.29, 0.717) is 23.4 Å². The van der Waals surface area contributed by atoms with Crippen LogP contribution in [0.25, 0.3) is 0 Å². The largest absolute Gasteiger partial charge is 0.508 e. The summed E-state index contributed by atoms with van der Waals surface area (Å²) in [6.07, 6.45) is -0.0732. The highest BCUT2D eigenvalue weighted by molar-refractivity contribution is 6.00. The van der Waals surface area contributed by atoms with Gasteiger partial charge in [-0.3, -0.25) is 4.79 Å². The van der Waals surface area contributed by atoms with E-state index >= 15 is 0 Å². The second kappa shape index (κ2) is 5.67. The van der Waals surface area contributed by atoms with E-state index in [4.69, 9.17) is 4.74 Å². The maximum absolute atomic E-state index is 13.3. The molecule has 1 unspecified atom stereocenters. The lowest BCUT2D eigenvalue weighted by Crippen LogP contribution is -2.45. The minimum absolute atomic E-state index is 0.0775. The Morgan fingerprint density at radius 1 is 1.27 bits per heavy atom. The molecular weight excluding hydrogens is 285 g/mol. The average molecular weight is 301 g/mol. The Bertz CT molecular complexity index is 717. The smallest absolute Gasteiger partial charge is 0.268 e. The molecule has 114 valence electrons. The van der Waals surface area contributed by atoms with Crippen molar-refractivity contribution < 1.29 is 19.0 Å². The van der Waals surface area contributed by atoms with Crippen LogP contribution in [0.15, 0.2) is 42.5 Å². The van der Waals surface area contributed by atoms with Crippen LogP contribution < -0.4 is 9.64 Å². The molecule has 0 radical (unpaired) electrons. The molecule has 1 atom stereocenters. The number of carbonyl (C=O) groups is 1. The first kappa shape index (κ1) is 14.4. The van der Waals surface area contributed by atoms with E-state index in [1.807, 2.05) is 6.92 Å². The number of amides is 1. The highest BCUT2D eigenvalue weighted by atomic mass is 19.1. The third kappa shape index (κ3) is 2.62. The van der Waals surface area contributed by atoms with Gasteiger partial charge in [-0.1, -0.05) is 19.1 Å². The quantitative estimate of drug-likeness (QED) is 0.947. The first-order valence-electron chi connectivity index (χ1n) is 7.14. The number of carbonyl (C=O) groups excluding carboxylic acids is 1. The normalized spacial score (nSPS) is 17.1. The Kier molecular flexibility index (Phi) is 3.71. The number of halogens is 1. The van der Waals surface area contributed by atoms with Crippen molar-refractivity contribution in [3.63, 3.8) is 0 Å². The number of aromatic hydroxyl groups is 1. The van der Waals surface area contributed by atoms with E-state index in [2.05, 4.69) is 0 Å². The van der Waals surface area contributed by atoms with Crippen LogP contribution in [0.5, 0.6) is 11.5 Å². The molecule has 0 aliphatic carbocycles. The zero-order valence-corrected chi connectivity index (χ0v) is 12.1. The van der Waals surface area contributed by atoms with Gasteiger partial charge in [0.15, 0.2) is 6.10 Å². The summed E-state index contributed by atoms with van der Waals surface area (Å²) < 4.78 is 19.0. The van der Waals surface area contributed by atoms with Gasteiger partial charge >= 0.3 is 0 Å². The molecule has 1 heterocycles. The van der Waals surface area contributed by atoms with Crippen LogP contribution in [0.4, 0.5) is 10.1 Å². The van der Waals surface area contributed by atoms with Gasteiger partial charge in [0.1, 0.15) is 17.3 Å². The van der Waals surface area contributed by atoms with Gasteiger partial charge in [-0.25, -0.2) is 4.39 Å². The van der Waals surface area contributed by atoms with Crippen molar-refractivity contribution in [1.82, 2.24) is 0 Å². The summed E-state index contributed by atoms with van der Waals surface area (Å²) in [5, 5.41) is 9.59. The maximum atomic E-state index is 13.3. The molecule has 1 amide bonds. The number of nitrogens with zero attached hydrogens (tertiary/aromatic N) is 1. The number of benzene rings is 2. The Morgan fingerprint density at radius 2 is 2.09 bits per heavy atom. The number of ether oxygens (including phenoxy) is 1. The molecule has 2 aromatic carbocycles. The lowest BCUT2D eigenvalue weighted by atomic mass is 10.1. The summed E-state index contributed by atoms with van der Waals surface area (Å²) in [6.45, 7) is 2.12. The SMILES string of the molecule is CCC1Oc2cc(O)ccc2N(Cc2cccc(F)c2)C1=O. The summed E-state index contributed by atoms with van der Waals surface area (Å²) in [5.41, 5.74) is 1.28. The fourth-order valence-electron chi connectivity index (χ4n) is 2.56. The summed E-state index contributed by atoms with van der Waals surface area (Å²) in [6, 6.07) is 10.8. The molecule has 1 aliphatic rings. The third-order valence-corrected chi connectivity index (χ3v) is 3.65. The van der Waals surface area contributed by atoms with Crippen LogP contribution in [0, 0.1) is 5.82 Å². The van der Waals surface area contributed by atoms with Crippen LogP contribution in [0.2, 0.25) is 0 Å². The third-order valence-electron chi connectivity index (χ3n) is 3.65. The molecule has 0 spiro atoms. The summed E-state index contributed by atoms with van der Waals surface area (Å²) in [7, 11) is 0. The van der Waals surface area contributed by atoms with Gasteiger partial charge in [-0.2, -0.15) is 0 Å². The zero-order chi connectivity index (χ0) is 15.7. The molecule has 0 fully saturated rings. The second-order valence-corrected chi connectivity index (χ2v) is 5.22. The van der Waals surface area contributed by atoms with E-state index in [-0.39, 0.29) is 24.0 Å². The number of rotatable bonds is 3. The molecule has 1 aliphatic heterocycles. The molecule has 0 saturated carbocycles. The van der Waals surface area contributed by atoms with Gasteiger partial charge in [0, 0.05) is 6.07 Å². The Balaban J connectivity index is 1.99. The number of phenolic OH excluding ortho intramolecular Hbond substituents is 1. The lowest BCUT2D eigenvalue weighted by Gasteiger charge is -2.34. The second-order valence-electron chi connectivity index (χ2n) is 5.22. The van der Waals surface area contributed by atoms with Crippen LogP contribution in [0.3, 0.4) is 0 Å². The van der Waals surface area contributed by atoms with Crippen LogP contribution in [-0.2, 0) is 11.3 Å². The first-order valence-corrected chi connectivity index (χ1v) is 7.14. The van der Waals surface area contributed by atoms with Gasteiger partial charge in [0.25, 0.3) is 5.91 Å². The molecule has 0 saturated heterocycles. The van der Waals surface area contributed by atoms with Gasteiger partial charge in [0.2, 0.25) is 0 Å². The Labute approximate surface area is 127 Å². The molecule has 0 bridgehead atoms. The average Bonchev–Trinajstić information content (AvgIpc) is 2.50. The monoisotopic (exact) mass is 301 g/mol. The van der Waals surface area contributed by atoms with Crippen LogP contribution in [0.1, 0.15) is 18.9 Å². The van der Waals surface area contributed by atoms with Gasteiger partial charge in [-0.05, 0) is 36.2 Å². The Morgan fingerprint density at radius 3 is 2.82 bits per heavy atom. The number of anilines is 1. The van der Waals surface area contributed by atoms with Crippen molar-refractivity contribution in [1.29, 1.82) is 0 Å². The topological polar surface area (TPSA) is 49.8 Å². The van der Waals surface area contributed by atoms with Gasteiger partial charge in [-0.15, -0.1) is 0 Å². The van der Waals surface area contributed by atoms with E-state index in [1.54, 1.807) is 23.1 Å². The summed E-state index contributed by atoms with van der Waals surface area (Å²) >= 11 is 0. The zero-order valence-electron chi connectivity index (χ0n) is 12.1. The molecule has 2 aromatic rings. The van der Waals surface area contributed by atoms with E-state index in [9.17, 15) is 14.3 Å². The van der Waals surface area contributed by atoms with Crippen molar-refractivity contribution in [3.8, 4) is 11.5 Å². The summed E-state index contributed by atoms with van der Waals surface area (Å²) in [5.74, 6) is 0.0395. The number of hydrogen-bond acceptors (Lipinski definition) is 3. The molecule has 5 heteroatoms. The Hall–Kier alpha value is -2.56. The highest BCUT2D eigenvalue weighted by Gasteiger charge is 2.33. The predicted octanol–water partition coefficient (Wildman–Crippen LogP) is 3.24. The van der Waals surface area contributed by atoms with Crippen molar-refractivity contribution in [3.05, 3.63) is 53.8 Å². The fraction of sp³-hybridized carbons (Fsp3) is 0.235. The number of phenols is 1. The molecule has 3 rings (SSSR count). The van der Waals surface area contributed by atoms with E-state index < -0.39 is 6.10 Å². The standard InChI is InChI=1S/C17H16FNO3/c1-2-15-17(21)19(10-11-4-3-5-12(18)8-11)14-7-6-13(20)9-16(14)22-15/h3-9,15,20H,2,10H2,1H3. The van der Waals surface area contributed by atoms with E-state index in [1.165, 1.54) is 24.3 Å².